The largest absolute Gasteiger partial charge is 0.305 e. The van der Waals surface area contributed by atoms with Gasteiger partial charge in [0.15, 0.2) is 0 Å². The van der Waals surface area contributed by atoms with Crippen molar-refractivity contribution in [2.24, 2.45) is 0 Å². The molecule has 0 bridgehead atoms. The Balaban J connectivity index is 0.000000360. The van der Waals surface area contributed by atoms with Crippen molar-refractivity contribution >= 4 is 51.4 Å². The zero-order chi connectivity index (χ0) is 4.41. The van der Waals surface area contributed by atoms with Gasteiger partial charge in [-0.25, -0.2) is 0 Å². The zero-order valence-corrected chi connectivity index (χ0v) is 7.19. The molecule has 0 saturated carbocycles. The normalized spacial score (nSPS) is 7.43. The summed E-state index contributed by atoms with van der Waals surface area (Å²) in [6, 6.07) is 1.42. The Hall–Kier alpha value is 0.646. The van der Waals surface area contributed by atoms with Gasteiger partial charge in [0.1, 0.15) is 0 Å². The van der Waals surface area contributed by atoms with E-state index in [0.717, 1.165) is 0 Å². The molecule has 1 heterocycles. The Morgan fingerprint density at radius 2 is 2.29 bits per heavy atom. The Bertz CT molecular complexity index is 151. The SMILES string of the molecule is O=c1cc[nH][nH]1.[K]. The van der Waals surface area contributed by atoms with Crippen molar-refractivity contribution in [3.63, 3.8) is 0 Å². The number of H-pyrrole nitrogens is 2. The number of rotatable bonds is 0. The third-order valence-electron chi connectivity index (χ3n) is 0.513. The number of aromatic nitrogens is 2. The van der Waals surface area contributed by atoms with E-state index in [-0.39, 0.29) is 56.9 Å². The van der Waals surface area contributed by atoms with Gasteiger partial charge >= 0.3 is 0 Å². The monoisotopic (exact) mass is 123 g/mol. The quantitative estimate of drug-likeness (QED) is 0.441. The predicted molar refractivity (Wildman–Crippen MR) is 27.2 cm³/mol. The first-order valence-corrected chi connectivity index (χ1v) is 1.61. The minimum atomic E-state index is -0.0880. The van der Waals surface area contributed by atoms with Crippen molar-refractivity contribution in [1.82, 2.24) is 10.2 Å². The maximum atomic E-state index is 9.98. The van der Waals surface area contributed by atoms with E-state index in [1.54, 1.807) is 6.20 Å². The summed E-state index contributed by atoms with van der Waals surface area (Å²) < 4.78 is 0. The smallest absolute Gasteiger partial charge is 0.263 e. The molecule has 3 nitrogen and oxygen atoms in total. The molecule has 1 radical (unpaired) electrons. The number of hydrogen-bond acceptors (Lipinski definition) is 1. The minimum absolute atomic E-state index is 0. The van der Waals surface area contributed by atoms with Crippen LogP contribution in [0.1, 0.15) is 0 Å². The zero-order valence-electron chi connectivity index (χ0n) is 4.06. The van der Waals surface area contributed by atoms with E-state index in [4.69, 9.17) is 0 Å². The van der Waals surface area contributed by atoms with Gasteiger partial charge in [-0.1, -0.05) is 0 Å². The summed E-state index contributed by atoms with van der Waals surface area (Å²) >= 11 is 0. The minimum Gasteiger partial charge on any atom is -0.305 e. The van der Waals surface area contributed by atoms with Crippen molar-refractivity contribution < 1.29 is 0 Å². The molecule has 0 saturated heterocycles. The van der Waals surface area contributed by atoms with Gasteiger partial charge in [0.2, 0.25) is 0 Å². The van der Waals surface area contributed by atoms with Crippen LogP contribution in [0.25, 0.3) is 0 Å². The molecule has 33 valence electrons. The summed E-state index contributed by atoms with van der Waals surface area (Å²) in [6.07, 6.45) is 1.54. The van der Waals surface area contributed by atoms with Gasteiger partial charge in [-0.05, 0) is 0 Å². The van der Waals surface area contributed by atoms with Crippen molar-refractivity contribution in [2.75, 3.05) is 0 Å². The predicted octanol–water partition coefficient (Wildman–Crippen LogP) is -0.678. The van der Waals surface area contributed by atoms with E-state index in [9.17, 15) is 4.79 Å². The molecule has 0 aliphatic heterocycles. The van der Waals surface area contributed by atoms with E-state index in [0.29, 0.717) is 0 Å². The number of hydrogen-bond donors (Lipinski definition) is 2. The van der Waals surface area contributed by atoms with Crippen LogP contribution in [0.15, 0.2) is 17.1 Å². The van der Waals surface area contributed by atoms with Crippen molar-refractivity contribution in [1.29, 1.82) is 0 Å². The van der Waals surface area contributed by atoms with Crippen LogP contribution < -0.4 is 5.56 Å². The van der Waals surface area contributed by atoms with E-state index in [1.807, 2.05) is 0 Å². The van der Waals surface area contributed by atoms with Crippen LogP contribution in [0, 0.1) is 0 Å². The second kappa shape index (κ2) is 3.62. The third kappa shape index (κ3) is 2.45. The van der Waals surface area contributed by atoms with E-state index in [1.165, 1.54) is 6.07 Å². The molecular weight excluding hydrogens is 119 g/mol. The van der Waals surface area contributed by atoms with Gasteiger partial charge in [0, 0.05) is 63.6 Å². The molecule has 0 unspecified atom stereocenters. The van der Waals surface area contributed by atoms with E-state index < -0.39 is 0 Å². The molecule has 0 atom stereocenters. The Labute approximate surface area is 82.9 Å². The molecule has 4 heteroatoms. The van der Waals surface area contributed by atoms with Gasteiger partial charge in [-0.15, -0.1) is 0 Å². The third-order valence-corrected chi connectivity index (χ3v) is 0.513. The fraction of sp³-hybridized carbons (Fsp3) is 0. The van der Waals surface area contributed by atoms with Crippen LogP contribution in [-0.4, -0.2) is 61.6 Å². The second-order valence-corrected chi connectivity index (χ2v) is 0.967. The standard InChI is InChI=1S/C3H4N2O.K/c6-3-1-2-4-5-3;/h1-2H,(H2,4,5,6);. The Kier molecular flexibility index (Phi) is 3.96. The summed E-state index contributed by atoms with van der Waals surface area (Å²) in [5.41, 5.74) is -0.0880. The molecule has 0 aliphatic rings. The van der Waals surface area contributed by atoms with Crippen LogP contribution >= 0.6 is 0 Å². The van der Waals surface area contributed by atoms with Crippen LogP contribution in [-0.2, 0) is 0 Å². The van der Waals surface area contributed by atoms with Crippen LogP contribution in [0.2, 0.25) is 0 Å². The maximum Gasteiger partial charge on any atom is 0.263 e. The average molecular weight is 123 g/mol. The summed E-state index contributed by atoms with van der Waals surface area (Å²) in [4.78, 5) is 9.98. The van der Waals surface area contributed by atoms with Crippen LogP contribution in [0.4, 0.5) is 0 Å². The van der Waals surface area contributed by atoms with Crippen LogP contribution in [0.3, 0.4) is 0 Å². The van der Waals surface area contributed by atoms with Gasteiger partial charge in [0.05, 0.1) is 0 Å². The molecule has 1 rings (SSSR count). The topological polar surface area (TPSA) is 48.6 Å². The van der Waals surface area contributed by atoms with Crippen molar-refractivity contribution in [3.05, 3.63) is 22.6 Å². The molecule has 0 spiro atoms. The molecule has 0 amide bonds. The number of aromatic amines is 2. The van der Waals surface area contributed by atoms with Crippen LogP contribution in [0.5, 0.6) is 0 Å². The molecule has 2 N–H and O–H groups in total. The molecule has 1 aromatic heterocycles. The number of nitrogens with one attached hydrogen (secondary N) is 2. The molecule has 1 aromatic rings. The fourth-order valence-corrected chi connectivity index (χ4v) is 0.272. The summed E-state index contributed by atoms with van der Waals surface area (Å²) in [5, 5.41) is 4.81. The summed E-state index contributed by atoms with van der Waals surface area (Å²) in [6.45, 7) is 0. The first-order chi connectivity index (χ1) is 2.89. The van der Waals surface area contributed by atoms with Gasteiger partial charge in [-0.2, -0.15) is 0 Å². The van der Waals surface area contributed by atoms with Crippen molar-refractivity contribution in [3.8, 4) is 0 Å². The van der Waals surface area contributed by atoms with Gasteiger partial charge in [0.25, 0.3) is 5.56 Å². The van der Waals surface area contributed by atoms with Gasteiger partial charge < -0.3 is 5.10 Å². The van der Waals surface area contributed by atoms with Crippen molar-refractivity contribution in [2.45, 2.75) is 0 Å². The molecule has 7 heavy (non-hydrogen) atoms. The average Bonchev–Trinajstić information content (AvgIpc) is 1.86. The Morgan fingerprint density at radius 3 is 2.43 bits per heavy atom. The summed E-state index contributed by atoms with van der Waals surface area (Å²) in [7, 11) is 0. The van der Waals surface area contributed by atoms with E-state index >= 15 is 0 Å². The van der Waals surface area contributed by atoms with Gasteiger partial charge in [-0.3, -0.25) is 9.89 Å². The molecule has 0 aromatic carbocycles. The Morgan fingerprint density at radius 1 is 1.57 bits per heavy atom. The second-order valence-electron chi connectivity index (χ2n) is 0.967. The van der Waals surface area contributed by atoms with E-state index in [2.05, 4.69) is 10.2 Å². The molecular formula is C3H4KN2O. The molecule has 0 aliphatic carbocycles. The fourth-order valence-electron chi connectivity index (χ4n) is 0.272. The first-order valence-electron chi connectivity index (χ1n) is 1.61. The molecule has 0 fully saturated rings. The first kappa shape index (κ1) is 7.65. The maximum absolute atomic E-state index is 9.98. The summed E-state index contributed by atoms with van der Waals surface area (Å²) in [5.74, 6) is 0.